The third-order valence-corrected chi connectivity index (χ3v) is 4.32. The molecule has 0 saturated heterocycles. The first-order chi connectivity index (χ1) is 15.0. The van der Waals surface area contributed by atoms with Crippen LogP contribution in [0.2, 0.25) is 0 Å². The number of carbonyl (C=O) groups is 3. The zero-order chi connectivity index (χ0) is 22.2. The molecule has 0 aliphatic heterocycles. The Morgan fingerprint density at radius 1 is 1.06 bits per heavy atom. The van der Waals surface area contributed by atoms with Gasteiger partial charge in [-0.1, -0.05) is 30.3 Å². The highest BCUT2D eigenvalue weighted by molar-refractivity contribution is 5.88. The molecular weight excluding hydrogens is 406 g/mol. The van der Waals surface area contributed by atoms with Gasteiger partial charge in [0.05, 0.1) is 27.0 Å². The summed E-state index contributed by atoms with van der Waals surface area (Å²) in [5, 5.41) is 2.46. The molecule has 0 saturated carbocycles. The minimum Gasteiger partial charge on any atom is -0.471 e. The first-order valence-corrected chi connectivity index (χ1v) is 9.28. The second-order valence-corrected chi connectivity index (χ2v) is 6.42. The van der Waals surface area contributed by atoms with Crippen molar-refractivity contribution in [1.29, 1.82) is 0 Å². The topological polar surface area (TPSA) is 135 Å². The molecule has 1 amide bonds. The number of nitrogens with zero attached hydrogens (tertiary/aromatic N) is 4. The molecule has 2 aromatic heterocycles. The van der Waals surface area contributed by atoms with Crippen LogP contribution in [0.3, 0.4) is 0 Å². The predicted octanol–water partition coefficient (Wildman–Crippen LogP) is 0.626. The van der Waals surface area contributed by atoms with Gasteiger partial charge >= 0.3 is 11.9 Å². The van der Waals surface area contributed by atoms with Gasteiger partial charge in [-0.2, -0.15) is 4.98 Å². The highest BCUT2D eigenvalue weighted by atomic mass is 16.5. The van der Waals surface area contributed by atoms with Crippen LogP contribution in [0.5, 0.6) is 5.88 Å². The minimum atomic E-state index is -1.17. The Bertz CT molecular complexity index is 1070. The molecule has 0 unspecified atom stereocenters. The number of aromatic nitrogens is 4. The Morgan fingerprint density at radius 2 is 1.84 bits per heavy atom. The average molecular weight is 427 g/mol. The number of ether oxygens (including phenoxy) is 3. The van der Waals surface area contributed by atoms with Gasteiger partial charge < -0.3 is 24.1 Å². The predicted molar refractivity (Wildman–Crippen MR) is 107 cm³/mol. The van der Waals surface area contributed by atoms with Crippen LogP contribution in [0.4, 0.5) is 0 Å². The van der Waals surface area contributed by atoms with Gasteiger partial charge in [0.2, 0.25) is 11.8 Å². The van der Waals surface area contributed by atoms with Crippen LogP contribution in [0.15, 0.2) is 43.0 Å². The van der Waals surface area contributed by atoms with Crippen molar-refractivity contribution in [1.82, 2.24) is 24.8 Å². The molecule has 2 heterocycles. The van der Waals surface area contributed by atoms with Gasteiger partial charge in [-0.25, -0.2) is 14.8 Å². The molecule has 3 aromatic rings. The number of carbonyl (C=O) groups excluding carboxylic acids is 3. The van der Waals surface area contributed by atoms with Crippen LogP contribution in [0, 0.1) is 0 Å². The van der Waals surface area contributed by atoms with Crippen molar-refractivity contribution >= 4 is 29.0 Å². The van der Waals surface area contributed by atoms with E-state index in [9.17, 15) is 14.4 Å². The highest BCUT2D eigenvalue weighted by Crippen LogP contribution is 2.20. The van der Waals surface area contributed by atoms with E-state index in [4.69, 9.17) is 4.74 Å². The molecule has 1 atom stereocenters. The number of imidazole rings is 1. The number of rotatable bonds is 9. The van der Waals surface area contributed by atoms with Crippen LogP contribution in [0.25, 0.3) is 11.2 Å². The first-order valence-electron chi connectivity index (χ1n) is 9.28. The van der Waals surface area contributed by atoms with Gasteiger partial charge in [0.1, 0.15) is 25.5 Å². The number of fused-ring (bicyclic) bond motifs is 1. The van der Waals surface area contributed by atoms with E-state index in [-0.39, 0.29) is 18.8 Å². The second kappa shape index (κ2) is 10.1. The normalized spacial score (nSPS) is 11.5. The van der Waals surface area contributed by atoms with Gasteiger partial charge in [-0.15, -0.1) is 0 Å². The van der Waals surface area contributed by atoms with Gasteiger partial charge in [0, 0.05) is 0 Å². The summed E-state index contributed by atoms with van der Waals surface area (Å²) in [5.41, 5.74) is 1.74. The van der Waals surface area contributed by atoms with E-state index in [0.717, 1.165) is 12.7 Å². The smallest absolute Gasteiger partial charge is 0.328 e. The van der Waals surface area contributed by atoms with Gasteiger partial charge in [0.25, 0.3) is 0 Å². The summed E-state index contributed by atoms with van der Waals surface area (Å²) in [6, 6.07) is 8.40. The molecule has 0 radical (unpaired) electrons. The summed E-state index contributed by atoms with van der Waals surface area (Å²) in [6.45, 7) is 0.106. The van der Waals surface area contributed by atoms with E-state index in [1.165, 1.54) is 24.3 Å². The fourth-order valence-corrected chi connectivity index (χ4v) is 2.79. The van der Waals surface area contributed by atoms with Crippen molar-refractivity contribution < 1.29 is 28.6 Å². The van der Waals surface area contributed by atoms with Crippen LogP contribution < -0.4 is 10.1 Å². The Hall–Kier alpha value is -4.02. The quantitative estimate of drug-likeness (QED) is 0.488. The monoisotopic (exact) mass is 427 g/mol. The van der Waals surface area contributed by atoms with Crippen LogP contribution in [-0.4, -0.2) is 57.6 Å². The Labute approximate surface area is 177 Å². The molecule has 0 spiro atoms. The summed E-state index contributed by atoms with van der Waals surface area (Å²) in [6.07, 6.45) is 2.38. The fraction of sp³-hybridized carbons (Fsp3) is 0.300. The average Bonchev–Trinajstić information content (AvgIpc) is 3.20. The van der Waals surface area contributed by atoms with Crippen LogP contribution in [0.1, 0.15) is 12.0 Å². The van der Waals surface area contributed by atoms with Crippen molar-refractivity contribution in [3.8, 4) is 5.88 Å². The molecule has 11 nitrogen and oxygen atoms in total. The fourth-order valence-electron chi connectivity index (χ4n) is 2.79. The number of methoxy groups -OCH3 is 2. The lowest BCUT2D eigenvalue weighted by atomic mass is 10.2. The van der Waals surface area contributed by atoms with Crippen molar-refractivity contribution in [2.75, 3.05) is 14.2 Å². The van der Waals surface area contributed by atoms with E-state index in [1.807, 2.05) is 30.3 Å². The minimum absolute atomic E-state index is 0.194. The zero-order valence-electron chi connectivity index (χ0n) is 17.0. The third-order valence-electron chi connectivity index (χ3n) is 4.32. The van der Waals surface area contributed by atoms with Crippen molar-refractivity contribution in [3.05, 3.63) is 48.5 Å². The maximum Gasteiger partial charge on any atom is 0.328 e. The number of benzene rings is 1. The van der Waals surface area contributed by atoms with Gasteiger partial charge in [-0.3, -0.25) is 9.59 Å². The number of amides is 1. The van der Waals surface area contributed by atoms with E-state index in [0.29, 0.717) is 17.8 Å². The van der Waals surface area contributed by atoms with E-state index < -0.39 is 23.9 Å². The van der Waals surface area contributed by atoms with Crippen LogP contribution >= 0.6 is 0 Å². The van der Waals surface area contributed by atoms with Crippen molar-refractivity contribution in [3.63, 3.8) is 0 Å². The number of esters is 2. The molecule has 0 bridgehead atoms. The highest BCUT2D eigenvalue weighted by Gasteiger charge is 2.25. The van der Waals surface area contributed by atoms with E-state index in [1.54, 1.807) is 0 Å². The Morgan fingerprint density at radius 3 is 2.55 bits per heavy atom. The lowest BCUT2D eigenvalue weighted by Gasteiger charge is -2.15. The van der Waals surface area contributed by atoms with E-state index >= 15 is 0 Å². The lowest BCUT2D eigenvalue weighted by Crippen LogP contribution is -2.44. The van der Waals surface area contributed by atoms with Gasteiger partial charge in [0.15, 0.2) is 11.2 Å². The maximum absolute atomic E-state index is 12.5. The van der Waals surface area contributed by atoms with Crippen molar-refractivity contribution in [2.45, 2.75) is 25.6 Å². The summed E-state index contributed by atoms with van der Waals surface area (Å²) < 4.78 is 16.4. The standard InChI is InChI=1S/C20H21N5O6/c1-29-16(27)8-14(20(28)30-2)24-15(26)9-25-12-23-17-18(25)21-11-22-19(17)31-10-13-6-4-3-5-7-13/h3-7,11-12,14H,8-10H2,1-2H3,(H,24,26)/t14-/m0/s1. The van der Waals surface area contributed by atoms with Crippen LogP contribution in [-0.2, 0) is 37.0 Å². The summed E-state index contributed by atoms with van der Waals surface area (Å²) in [5.74, 6) is -1.67. The van der Waals surface area contributed by atoms with Crippen molar-refractivity contribution in [2.24, 2.45) is 0 Å². The Kier molecular flexibility index (Phi) is 7.09. The second-order valence-electron chi connectivity index (χ2n) is 6.42. The van der Waals surface area contributed by atoms with Gasteiger partial charge in [-0.05, 0) is 5.56 Å². The van der Waals surface area contributed by atoms with E-state index in [2.05, 4.69) is 29.7 Å². The third kappa shape index (κ3) is 5.53. The first kappa shape index (κ1) is 21.7. The lowest BCUT2D eigenvalue weighted by molar-refractivity contribution is -0.150. The summed E-state index contributed by atoms with van der Waals surface area (Å²) in [4.78, 5) is 48.3. The Balaban J connectivity index is 1.70. The molecular formula is C20H21N5O6. The zero-order valence-corrected chi connectivity index (χ0v) is 17.0. The maximum atomic E-state index is 12.5. The SMILES string of the molecule is COC(=O)C[C@H](NC(=O)Cn1cnc2c(OCc3ccccc3)ncnc21)C(=O)OC. The molecule has 0 aliphatic rings. The molecule has 0 aliphatic carbocycles. The summed E-state index contributed by atoms with van der Waals surface area (Å²) in [7, 11) is 2.35. The molecule has 0 fully saturated rings. The molecule has 1 aromatic carbocycles. The summed E-state index contributed by atoms with van der Waals surface area (Å²) >= 11 is 0. The molecule has 31 heavy (non-hydrogen) atoms. The number of hydrogen-bond acceptors (Lipinski definition) is 9. The number of nitrogens with one attached hydrogen (secondary N) is 1. The molecule has 3 rings (SSSR count). The molecule has 11 heteroatoms. The largest absolute Gasteiger partial charge is 0.471 e. The molecule has 1 N–H and O–H groups in total. The number of hydrogen-bond donors (Lipinski definition) is 1. The molecule has 162 valence electrons.